The fourth-order valence-corrected chi connectivity index (χ4v) is 2.08. The molecule has 4 heteroatoms. The fourth-order valence-electron chi connectivity index (χ4n) is 2.08. The molecule has 0 aliphatic carbocycles. The third-order valence-corrected chi connectivity index (χ3v) is 3.56. The molecule has 0 aromatic rings. The van der Waals surface area contributed by atoms with Gasteiger partial charge < -0.3 is 10.6 Å². The van der Waals surface area contributed by atoms with Gasteiger partial charge in [-0.3, -0.25) is 9.69 Å². The summed E-state index contributed by atoms with van der Waals surface area (Å²) >= 11 is 0. The molecule has 0 aromatic carbocycles. The molecule has 0 bridgehead atoms. The van der Waals surface area contributed by atoms with Gasteiger partial charge in [-0.1, -0.05) is 20.8 Å². The lowest BCUT2D eigenvalue weighted by Gasteiger charge is -2.40. The van der Waals surface area contributed by atoms with Crippen molar-refractivity contribution in [3.63, 3.8) is 0 Å². The van der Waals surface area contributed by atoms with Crippen LogP contribution in [0.1, 0.15) is 27.2 Å². The molecular weight excluding hydrogens is 202 g/mol. The number of carbonyl (C=O) groups excluding carboxylic acids is 1. The van der Waals surface area contributed by atoms with Gasteiger partial charge in [0.15, 0.2) is 0 Å². The van der Waals surface area contributed by atoms with Crippen molar-refractivity contribution in [3.8, 4) is 0 Å². The maximum atomic E-state index is 12.1. The van der Waals surface area contributed by atoms with E-state index in [1.165, 1.54) is 0 Å². The summed E-state index contributed by atoms with van der Waals surface area (Å²) in [6.45, 7) is 8.75. The summed E-state index contributed by atoms with van der Waals surface area (Å²) < 4.78 is 0. The lowest BCUT2D eigenvalue weighted by molar-refractivity contribution is -0.136. The van der Waals surface area contributed by atoms with Gasteiger partial charge in [-0.2, -0.15) is 0 Å². The van der Waals surface area contributed by atoms with Crippen LogP contribution in [0.3, 0.4) is 0 Å². The zero-order chi connectivity index (χ0) is 12.3. The van der Waals surface area contributed by atoms with Gasteiger partial charge >= 0.3 is 0 Å². The molecule has 0 spiro atoms. The topological polar surface area (TPSA) is 49.6 Å². The zero-order valence-electron chi connectivity index (χ0n) is 10.9. The average molecular weight is 227 g/mol. The van der Waals surface area contributed by atoms with E-state index in [-0.39, 0.29) is 17.9 Å². The maximum absolute atomic E-state index is 12.1. The third-order valence-electron chi connectivity index (χ3n) is 3.56. The minimum Gasteiger partial charge on any atom is -0.338 e. The molecule has 1 amide bonds. The summed E-state index contributed by atoms with van der Waals surface area (Å²) in [7, 11) is 2.12. The van der Waals surface area contributed by atoms with Crippen LogP contribution in [0.2, 0.25) is 0 Å². The number of likely N-dealkylation sites (N-methyl/N-ethyl adjacent to an activating group) is 1. The summed E-state index contributed by atoms with van der Waals surface area (Å²) in [4.78, 5) is 16.3. The number of piperazine rings is 1. The normalized spacial score (nSPS) is 24.9. The van der Waals surface area contributed by atoms with Crippen molar-refractivity contribution in [2.45, 2.75) is 39.3 Å². The molecule has 1 rings (SSSR count). The highest BCUT2D eigenvalue weighted by Crippen LogP contribution is 2.13. The Morgan fingerprint density at radius 2 is 2.06 bits per heavy atom. The highest BCUT2D eigenvalue weighted by Gasteiger charge is 2.29. The number of hydrogen-bond donors (Lipinski definition) is 1. The Labute approximate surface area is 98.8 Å². The molecule has 1 aliphatic rings. The number of rotatable bonds is 3. The van der Waals surface area contributed by atoms with Crippen LogP contribution in [-0.4, -0.2) is 54.5 Å². The zero-order valence-corrected chi connectivity index (χ0v) is 10.9. The molecule has 1 fully saturated rings. The molecule has 94 valence electrons. The number of nitrogens with zero attached hydrogens (tertiary/aromatic N) is 2. The van der Waals surface area contributed by atoms with Crippen LogP contribution < -0.4 is 5.73 Å². The van der Waals surface area contributed by atoms with E-state index in [2.05, 4.69) is 18.9 Å². The van der Waals surface area contributed by atoms with Crippen molar-refractivity contribution in [3.05, 3.63) is 0 Å². The van der Waals surface area contributed by atoms with E-state index in [1.54, 1.807) is 0 Å². The highest BCUT2D eigenvalue weighted by molar-refractivity contribution is 5.82. The molecule has 0 aromatic heterocycles. The Kier molecular flexibility index (Phi) is 4.74. The van der Waals surface area contributed by atoms with Gasteiger partial charge in [0.05, 0.1) is 6.04 Å². The van der Waals surface area contributed by atoms with Gasteiger partial charge in [-0.25, -0.2) is 0 Å². The van der Waals surface area contributed by atoms with E-state index >= 15 is 0 Å². The molecule has 16 heavy (non-hydrogen) atoms. The molecular formula is C12H25N3O. The van der Waals surface area contributed by atoms with Crippen molar-refractivity contribution < 1.29 is 4.79 Å². The fraction of sp³-hybridized carbons (Fsp3) is 0.917. The largest absolute Gasteiger partial charge is 0.338 e. The Bertz CT molecular complexity index is 242. The molecule has 2 atom stereocenters. The van der Waals surface area contributed by atoms with Crippen molar-refractivity contribution in [2.75, 3.05) is 26.7 Å². The SMILES string of the molecule is CCC1CN(C(=O)[C@@H](N)C(C)C)CCN1C. The van der Waals surface area contributed by atoms with E-state index in [0.717, 1.165) is 26.1 Å². The molecule has 1 aliphatic heterocycles. The standard InChI is InChI=1S/C12H25N3O/c1-5-10-8-15(7-6-14(10)4)12(16)11(13)9(2)3/h9-11H,5-8,13H2,1-4H3/t10?,11-/m0/s1. The number of carbonyl (C=O) groups is 1. The quantitative estimate of drug-likeness (QED) is 0.765. The summed E-state index contributed by atoms with van der Waals surface area (Å²) in [5.74, 6) is 0.328. The number of hydrogen-bond acceptors (Lipinski definition) is 3. The van der Waals surface area contributed by atoms with Gasteiger partial charge in [0.25, 0.3) is 0 Å². The van der Waals surface area contributed by atoms with E-state index in [0.29, 0.717) is 6.04 Å². The van der Waals surface area contributed by atoms with Crippen molar-refractivity contribution >= 4 is 5.91 Å². The van der Waals surface area contributed by atoms with Crippen LogP contribution in [0.4, 0.5) is 0 Å². The smallest absolute Gasteiger partial charge is 0.239 e. The molecule has 1 unspecified atom stereocenters. The lowest BCUT2D eigenvalue weighted by Crippen LogP contribution is -2.57. The van der Waals surface area contributed by atoms with Gasteiger partial charge in [0.2, 0.25) is 5.91 Å². The van der Waals surface area contributed by atoms with E-state index in [1.807, 2.05) is 18.7 Å². The van der Waals surface area contributed by atoms with Crippen molar-refractivity contribution in [1.82, 2.24) is 9.80 Å². The van der Waals surface area contributed by atoms with E-state index < -0.39 is 0 Å². The molecule has 1 saturated heterocycles. The predicted octanol–water partition coefficient (Wildman–Crippen LogP) is 0.522. The molecule has 4 nitrogen and oxygen atoms in total. The first-order valence-electron chi connectivity index (χ1n) is 6.22. The second kappa shape index (κ2) is 5.64. The van der Waals surface area contributed by atoms with Gasteiger partial charge in [-0.15, -0.1) is 0 Å². The highest BCUT2D eigenvalue weighted by atomic mass is 16.2. The Balaban J connectivity index is 2.58. The van der Waals surface area contributed by atoms with E-state index in [4.69, 9.17) is 5.73 Å². The Morgan fingerprint density at radius 3 is 2.56 bits per heavy atom. The van der Waals surface area contributed by atoms with Crippen LogP contribution in [0.25, 0.3) is 0 Å². The summed E-state index contributed by atoms with van der Waals surface area (Å²) in [5.41, 5.74) is 5.91. The van der Waals surface area contributed by atoms with Crippen LogP contribution in [0.15, 0.2) is 0 Å². The second-order valence-corrected chi connectivity index (χ2v) is 5.10. The first-order chi connectivity index (χ1) is 7.47. The summed E-state index contributed by atoms with van der Waals surface area (Å²) in [6, 6.07) is 0.137. The Morgan fingerprint density at radius 1 is 1.44 bits per heavy atom. The number of amides is 1. The predicted molar refractivity (Wildman–Crippen MR) is 66.1 cm³/mol. The molecule has 2 N–H and O–H groups in total. The van der Waals surface area contributed by atoms with Gasteiger partial charge in [0, 0.05) is 25.7 Å². The second-order valence-electron chi connectivity index (χ2n) is 5.10. The van der Waals surface area contributed by atoms with Crippen LogP contribution in [0.5, 0.6) is 0 Å². The van der Waals surface area contributed by atoms with Crippen LogP contribution >= 0.6 is 0 Å². The van der Waals surface area contributed by atoms with Crippen molar-refractivity contribution in [2.24, 2.45) is 11.7 Å². The summed E-state index contributed by atoms with van der Waals surface area (Å²) in [6.07, 6.45) is 1.08. The minimum absolute atomic E-state index is 0.113. The lowest BCUT2D eigenvalue weighted by atomic mass is 10.0. The molecule has 1 heterocycles. The average Bonchev–Trinajstić information content (AvgIpc) is 2.27. The third kappa shape index (κ3) is 2.95. The van der Waals surface area contributed by atoms with Gasteiger partial charge in [0.1, 0.15) is 0 Å². The van der Waals surface area contributed by atoms with Crippen LogP contribution in [-0.2, 0) is 4.79 Å². The minimum atomic E-state index is -0.346. The van der Waals surface area contributed by atoms with Gasteiger partial charge in [-0.05, 0) is 19.4 Å². The monoisotopic (exact) mass is 227 g/mol. The first kappa shape index (κ1) is 13.5. The molecule has 0 saturated carbocycles. The van der Waals surface area contributed by atoms with Crippen molar-refractivity contribution in [1.29, 1.82) is 0 Å². The Hall–Kier alpha value is -0.610. The van der Waals surface area contributed by atoms with E-state index in [9.17, 15) is 4.79 Å². The maximum Gasteiger partial charge on any atom is 0.239 e. The summed E-state index contributed by atoms with van der Waals surface area (Å²) in [5, 5.41) is 0. The number of nitrogens with two attached hydrogens (primary N) is 1. The first-order valence-corrected chi connectivity index (χ1v) is 6.22. The molecule has 0 radical (unpaired) electrons. The van der Waals surface area contributed by atoms with Crippen LogP contribution in [0, 0.1) is 5.92 Å².